The molecule has 0 saturated heterocycles. The Bertz CT molecular complexity index is 1110. The average Bonchev–Trinajstić information content (AvgIpc) is 3.41. The molecule has 0 aliphatic carbocycles. The Kier molecular flexibility index (Phi) is 12.1. The lowest BCUT2D eigenvalue weighted by Crippen LogP contribution is -2.59. The first-order valence-corrected chi connectivity index (χ1v) is 12.6. The van der Waals surface area contributed by atoms with Crippen molar-refractivity contribution >= 4 is 29.7 Å². The number of aromatic nitrogens is 2. The second kappa shape index (κ2) is 15.2. The van der Waals surface area contributed by atoms with Gasteiger partial charge in [-0.05, 0) is 24.3 Å². The lowest BCUT2D eigenvalue weighted by atomic mass is 9.96. The number of H-pyrrole nitrogens is 1. The Balaban J connectivity index is 2.18. The number of carbonyl (C=O) groups excluding carboxylic acids is 3. The maximum atomic E-state index is 13.4. The molecule has 8 N–H and O–H groups in total. The number of imidazole rings is 1. The van der Waals surface area contributed by atoms with E-state index < -0.39 is 60.2 Å². The number of nitrogens with zero attached hydrogens (tertiary/aromatic N) is 1. The minimum absolute atomic E-state index is 0.0580. The van der Waals surface area contributed by atoms with Gasteiger partial charge in [-0.1, -0.05) is 50.6 Å². The molecule has 0 bridgehead atoms. The standard InChI is InChI=1S/C26H36N6O7/c1-3-15(2)22(32-23(35)18(27)11-16-7-5-4-6-8-16)25(37)31-20(12-17-13-28-14-29-17)24(36)30-19(26(38)39)9-10-21(33)34/h4-8,13-15,18-20,22H,3,9-12,27H2,1-2H3,(H,28,29)(H,30,36)(H,31,37)(H,32,35)(H,33,34)(H,38,39). The SMILES string of the molecule is CCC(C)C(NC(=O)C(N)Cc1ccccc1)C(=O)NC(Cc1cnc[nH]1)C(=O)NC(CCC(=O)O)C(=O)O. The first-order valence-electron chi connectivity index (χ1n) is 12.6. The summed E-state index contributed by atoms with van der Waals surface area (Å²) in [5.41, 5.74) is 7.44. The number of rotatable bonds is 16. The third kappa shape index (κ3) is 10.2. The summed E-state index contributed by atoms with van der Waals surface area (Å²) < 4.78 is 0. The monoisotopic (exact) mass is 544 g/mol. The van der Waals surface area contributed by atoms with Crippen LogP contribution in [0.15, 0.2) is 42.9 Å². The summed E-state index contributed by atoms with van der Waals surface area (Å²) in [5, 5.41) is 25.9. The van der Waals surface area contributed by atoms with Gasteiger partial charge in [0.05, 0.1) is 12.4 Å². The molecule has 0 spiro atoms. The summed E-state index contributed by atoms with van der Waals surface area (Å²) in [5.74, 6) is -4.96. The van der Waals surface area contributed by atoms with E-state index in [1.807, 2.05) is 37.3 Å². The molecule has 1 aromatic heterocycles. The molecule has 212 valence electrons. The van der Waals surface area contributed by atoms with E-state index >= 15 is 0 Å². The molecule has 0 fully saturated rings. The topological polar surface area (TPSA) is 217 Å². The van der Waals surface area contributed by atoms with Gasteiger partial charge >= 0.3 is 11.9 Å². The predicted molar refractivity (Wildman–Crippen MR) is 140 cm³/mol. The van der Waals surface area contributed by atoms with E-state index in [9.17, 15) is 29.1 Å². The molecule has 0 radical (unpaired) electrons. The number of carbonyl (C=O) groups is 5. The van der Waals surface area contributed by atoms with E-state index in [4.69, 9.17) is 10.8 Å². The van der Waals surface area contributed by atoms with Crippen molar-refractivity contribution < 1.29 is 34.2 Å². The second-order valence-electron chi connectivity index (χ2n) is 9.34. The minimum atomic E-state index is -1.48. The van der Waals surface area contributed by atoms with Crippen molar-refractivity contribution in [1.29, 1.82) is 0 Å². The Hall–Kier alpha value is -4.26. The van der Waals surface area contributed by atoms with Gasteiger partial charge in [-0.15, -0.1) is 0 Å². The van der Waals surface area contributed by atoms with Crippen molar-refractivity contribution in [2.24, 2.45) is 11.7 Å². The van der Waals surface area contributed by atoms with Gasteiger partial charge in [0.2, 0.25) is 17.7 Å². The zero-order valence-electron chi connectivity index (χ0n) is 21.9. The van der Waals surface area contributed by atoms with Crippen molar-refractivity contribution in [3.05, 3.63) is 54.1 Å². The molecule has 0 aliphatic heterocycles. The van der Waals surface area contributed by atoms with E-state index in [2.05, 4.69) is 25.9 Å². The molecule has 1 heterocycles. The minimum Gasteiger partial charge on any atom is -0.481 e. The molecule has 1 aromatic carbocycles. The van der Waals surface area contributed by atoms with E-state index in [1.54, 1.807) is 6.92 Å². The summed E-state index contributed by atoms with van der Waals surface area (Å²) in [6.07, 6.45) is 2.75. The van der Waals surface area contributed by atoms with Crippen LogP contribution in [-0.2, 0) is 36.8 Å². The van der Waals surface area contributed by atoms with Crippen molar-refractivity contribution in [3.63, 3.8) is 0 Å². The van der Waals surface area contributed by atoms with Crippen LogP contribution in [0.4, 0.5) is 0 Å². The van der Waals surface area contributed by atoms with Crippen LogP contribution in [0.2, 0.25) is 0 Å². The quantitative estimate of drug-likeness (QED) is 0.151. The van der Waals surface area contributed by atoms with Crippen LogP contribution in [-0.4, -0.2) is 74.0 Å². The van der Waals surface area contributed by atoms with Crippen LogP contribution in [0, 0.1) is 5.92 Å². The van der Waals surface area contributed by atoms with Gasteiger partial charge in [-0.3, -0.25) is 19.2 Å². The number of aromatic amines is 1. The number of amides is 3. The average molecular weight is 545 g/mol. The zero-order chi connectivity index (χ0) is 28.9. The van der Waals surface area contributed by atoms with E-state index in [0.29, 0.717) is 12.1 Å². The van der Waals surface area contributed by atoms with E-state index in [1.165, 1.54) is 12.5 Å². The fourth-order valence-electron chi connectivity index (χ4n) is 3.81. The molecular formula is C26H36N6O7. The summed E-state index contributed by atoms with van der Waals surface area (Å²) in [6, 6.07) is 4.52. The fourth-order valence-corrected chi connectivity index (χ4v) is 3.81. The van der Waals surface area contributed by atoms with E-state index in [-0.39, 0.29) is 25.2 Å². The lowest BCUT2D eigenvalue weighted by molar-refractivity contribution is -0.143. The Labute approximate surface area is 226 Å². The largest absolute Gasteiger partial charge is 0.481 e. The second-order valence-corrected chi connectivity index (χ2v) is 9.34. The molecule has 2 aromatic rings. The molecule has 0 saturated carbocycles. The third-order valence-electron chi connectivity index (χ3n) is 6.30. The number of benzene rings is 1. The zero-order valence-corrected chi connectivity index (χ0v) is 21.9. The van der Waals surface area contributed by atoms with E-state index in [0.717, 1.165) is 5.56 Å². The van der Waals surface area contributed by atoms with Gasteiger partial charge in [0.15, 0.2) is 0 Å². The van der Waals surface area contributed by atoms with Crippen LogP contribution in [0.3, 0.4) is 0 Å². The maximum absolute atomic E-state index is 13.4. The molecule has 3 amide bonds. The fraction of sp³-hybridized carbons (Fsp3) is 0.462. The molecule has 5 atom stereocenters. The number of aliphatic carboxylic acids is 2. The number of carboxylic acids is 2. The highest BCUT2D eigenvalue weighted by molar-refractivity contribution is 5.94. The van der Waals surface area contributed by atoms with Crippen LogP contribution < -0.4 is 21.7 Å². The van der Waals surface area contributed by atoms with Gasteiger partial charge in [-0.25, -0.2) is 9.78 Å². The van der Waals surface area contributed by atoms with Gasteiger partial charge in [0.1, 0.15) is 18.1 Å². The number of nitrogens with one attached hydrogen (secondary N) is 4. The Morgan fingerprint density at radius 3 is 2.18 bits per heavy atom. The molecule has 13 heteroatoms. The third-order valence-corrected chi connectivity index (χ3v) is 6.30. The number of hydrogen-bond acceptors (Lipinski definition) is 7. The highest BCUT2D eigenvalue weighted by Gasteiger charge is 2.33. The van der Waals surface area contributed by atoms with Gasteiger partial charge < -0.3 is 36.9 Å². The van der Waals surface area contributed by atoms with Crippen molar-refractivity contribution in [3.8, 4) is 0 Å². The maximum Gasteiger partial charge on any atom is 0.326 e. The molecule has 5 unspecified atom stereocenters. The van der Waals surface area contributed by atoms with Crippen molar-refractivity contribution in [2.75, 3.05) is 0 Å². The predicted octanol–water partition coefficient (Wildman–Crippen LogP) is -0.0279. The summed E-state index contributed by atoms with van der Waals surface area (Å²) in [4.78, 5) is 68.5. The van der Waals surface area contributed by atoms with Crippen LogP contribution in [0.25, 0.3) is 0 Å². The molecular weight excluding hydrogens is 508 g/mol. The summed E-state index contributed by atoms with van der Waals surface area (Å²) in [6.45, 7) is 3.61. The smallest absolute Gasteiger partial charge is 0.326 e. The van der Waals surface area contributed by atoms with Crippen LogP contribution in [0.1, 0.15) is 44.4 Å². The Morgan fingerprint density at radius 2 is 1.62 bits per heavy atom. The van der Waals surface area contributed by atoms with Gasteiger partial charge in [0.25, 0.3) is 0 Å². The normalized spacial score (nSPS) is 14.7. The summed E-state index contributed by atoms with van der Waals surface area (Å²) in [7, 11) is 0. The highest BCUT2D eigenvalue weighted by Crippen LogP contribution is 2.11. The lowest BCUT2D eigenvalue weighted by Gasteiger charge is -2.28. The summed E-state index contributed by atoms with van der Waals surface area (Å²) >= 11 is 0. The van der Waals surface area contributed by atoms with Gasteiger partial charge in [0, 0.05) is 24.7 Å². The van der Waals surface area contributed by atoms with Crippen molar-refractivity contribution in [2.45, 2.75) is 70.1 Å². The molecule has 39 heavy (non-hydrogen) atoms. The molecule has 0 aliphatic rings. The highest BCUT2D eigenvalue weighted by atomic mass is 16.4. The van der Waals surface area contributed by atoms with Gasteiger partial charge in [-0.2, -0.15) is 0 Å². The van der Waals surface area contributed by atoms with Crippen LogP contribution in [0.5, 0.6) is 0 Å². The first-order chi connectivity index (χ1) is 18.5. The Morgan fingerprint density at radius 1 is 0.949 bits per heavy atom. The van der Waals surface area contributed by atoms with Crippen LogP contribution >= 0.6 is 0 Å². The number of hydrogen-bond donors (Lipinski definition) is 7. The first kappa shape index (κ1) is 31.0. The molecule has 13 nitrogen and oxygen atoms in total. The number of carboxylic acid groups (broad SMARTS) is 2. The van der Waals surface area contributed by atoms with Crippen molar-refractivity contribution in [1.82, 2.24) is 25.9 Å². The molecule has 2 rings (SSSR count). The number of nitrogens with two attached hydrogens (primary N) is 1.